The lowest BCUT2D eigenvalue weighted by Gasteiger charge is -2.02. The SMILES string of the molecule is COC(=O)c1ccc2c(=O)[nH]c(/C=C/c3cccc(C#N)c3)nc2c1. The van der Waals surface area contributed by atoms with E-state index in [0.29, 0.717) is 27.9 Å². The summed E-state index contributed by atoms with van der Waals surface area (Å²) in [5, 5.41) is 9.31. The van der Waals surface area contributed by atoms with E-state index in [9.17, 15) is 9.59 Å². The summed E-state index contributed by atoms with van der Waals surface area (Å²) in [4.78, 5) is 30.8. The van der Waals surface area contributed by atoms with Gasteiger partial charge in [0.2, 0.25) is 0 Å². The molecule has 1 aromatic heterocycles. The van der Waals surface area contributed by atoms with Crippen LogP contribution >= 0.6 is 0 Å². The van der Waals surface area contributed by atoms with Crippen LogP contribution in [-0.4, -0.2) is 23.0 Å². The van der Waals surface area contributed by atoms with Crippen LogP contribution in [0.2, 0.25) is 0 Å². The number of hydrogen-bond acceptors (Lipinski definition) is 5. The first-order valence-corrected chi connectivity index (χ1v) is 7.41. The molecular formula is C19H13N3O3. The lowest BCUT2D eigenvalue weighted by molar-refractivity contribution is 0.0601. The molecule has 0 aliphatic rings. The van der Waals surface area contributed by atoms with Gasteiger partial charge in [-0.15, -0.1) is 0 Å². The molecule has 0 unspecified atom stereocenters. The number of nitrogens with one attached hydrogen (secondary N) is 1. The van der Waals surface area contributed by atoms with Crippen molar-refractivity contribution in [2.24, 2.45) is 0 Å². The minimum atomic E-state index is -0.491. The molecule has 3 aromatic rings. The van der Waals surface area contributed by atoms with E-state index < -0.39 is 5.97 Å². The molecule has 0 fully saturated rings. The Hall–Kier alpha value is -3.72. The number of rotatable bonds is 3. The number of carbonyl (C=O) groups excluding carboxylic acids is 1. The zero-order chi connectivity index (χ0) is 17.8. The molecule has 6 nitrogen and oxygen atoms in total. The topological polar surface area (TPSA) is 95.8 Å². The second-order valence-corrected chi connectivity index (χ2v) is 5.25. The van der Waals surface area contributed by atoms with Gasteiger partial charge < -0.3 is 9.72 Å². The minimum Gasteiger partial charge on any atom is -0.465 e. The first-order chi connectivity index (χ1) is 12.1. The highest BCUT2D eigenvalue weighted by molar-refractivity contribution is 5.94. The molecule has 0 radical (unpaired) electrons. The van der Waals surface area contributed by atoms with Gasteiger partial charge in [-0.05, 0) is 42.0 Å². The zero-order valence-electron chi connectivity index (χ0n) is 13.3. The van der Waals surface area contributed by atoms with Crippen LogP contribution in [0.1, 0.15) is 27.3 Å². The summed E-state index contributed by atoms with van der Waals surface area (Å²) in [6.07, 6.45) is 3.39. The summed E-state index contributed by atoms with van der Waals surface area (Å²) in [6, 6.07) is 13.7. The number of nitriles is 1. The molecule has 0 saturated carbocycles. The fraction of sp³-hybridized carbons (Fsp3) is 0.0526. The van der Waals surface area contributed by atoms with Crippen LogP contribution in [0, 0.1) is 11.3 Å². The van der Waals surface area contributed by atoms with Crippen molar-refractivity contribution in [1.82, 2.24) is 9.97 Å². The Labute approximate surface area is 143 Å². The molecule has 6 heteroatoms. The second kappa shape index (κ2) is 6.81. The van der Waals surface area contributed by atoms with E-state index in [0.717, 1.165) is 5.56 Å². The van der Waals surface area contributed by atoms with Gasteiger partial charge in [-0.3, -0.25) is 4.79 Å². The molecular weight excluding hydrogens is 318 g/mol. The first-order valence-electron chi connectivity index (χ1n) is 7.41. The van der Waals surface area contributed by atoms with E-state index in [1.165, 1.54) is 25.3 Å². The summed E-state index contributed by atoms with van der Waals surface area (Å²) >= 11 is 0. The van der Waals surface area contributed by atoms with Crippen LogP contribution in [0.4, 0.5) is 0 Å². The van der Waals surface area contributed by atoms with Gasteiger partial charge in [-0.25, -0.2) is 9.78 Å². The Morgan fingerprint density at radius 1 is 1.24 bits per heavy atom. The molecule has 0 aliphatic carbocycles. The van der Waals surface area contributed by atoms with Crippen LogP contribution < -0.4 is 5.56 Å². The summed E-state index contributed by atoms with van der Waals surface area (Å²) in [5.74, 6) is -0.142. The number of aromatic nitrogens is 2. The van der Waals surface area contributed by atoms with Crippen LogP contribution in [0.5, 0.6) is 0 Å². The quantitative estimate of drug-likeness (QED) is 0.745. The lowest BCUT2D eigenvalue weighted by atomic mass is 10.1. The third kappa shape index (κ3) is 3.46. The highest BCUT2D eigenvalue weighted by atomic mass is 16.5. The van der Waals surface area contributed by atoms with E-state index in [1.54, 1.807) is 30.4 Å². The maximum absolute atomic E-state index is 12.2. The summed E-state index contributed by atoms with van der Waals surface area (Å²) < 4.78 is 4.68. The minimum absolute atomic E-state index is 0.299. The predicted octanol–water partition coefficient (Wildman–Crippen LogP) is 2.75. The molecule has 0 saturated heterocycles. The number of fused-ring (bicyclic) bond motifs is 1. The van der Waals surface area contributed by atoms with Crippen molar-refractivity contribution in [3.8, 4) is 6.07 Å². The van der Waals surface area contributed by atoms with E-state index in [-0.39, 0.29) is 5.56 Å². The average Bonchev–Trinajstić information content (AvgIpc) is 2.65. The van der Waals surface area contributed by atoms with Crippen LogP contribution in [0.25, 0.3) is 23.1 Å². The Balaban J connectivity index is 2.01. The van der Waals surface area contributed by atoms with Crippen LogP contribution in [0.3, 0.4) is 0 Å². The number of esters is 1. The van der Waals surface area contributed by atoms with E-state index in [1.807, 2.05) is 6.07 Å². The molecule has 122 valence electrons. The molecule has 25 heavy (non-hydrogen) atoms. The fourth-order valence-electron chi connectivity index (χ4n) is 2.37. The van der Waals surface area contributed by atoms with Crippen molar-refractivity contribution in [1.29, 1.82) is 5.26 Å². The number of aromatic amines is 1. The Morgan fingerprint density at radius 3 is 2.84 bits per heavy atom. The number of hydrogen-bond donors (Lipinski definition) is 1. The van der Waals surface area contributed by atoms with Gasteiger partial charge in [-0.2, -0.15) is 5.26 Å². The highest BCUT2D eigenvalue weighted by Crippen LogP contribution is 2.13. The number of ether oxygens (including phenoxy) is 1. The van der Waals surface area contributed by atoms with Crippen molar-refractivity contribution in [2.75, 3.05) is 7.11 Å². The van der Waals surface area contributed by atoms with Crippen molar-refractivity contribution in [2.45, 2.75) is 0 Å². The van der Waals surface area contributed by atoms with Gasteiger partial charge in [0, 0.05) is 0 Å². The third-order valence-electron chi connectivity index (χ3n) is 3.60. The summed E-state index contributed by atoms with van der Waals surface area (Å²) in [7, 11) is 1.29. The average molecular weight is 331 g/mol. The van der Waals surface area contributed by atoms with Gasteiger partial charge in [0.05, 0.1) is 35.2 Å². The third-order valence-corrected chi connectivity index (χ3v) is 3.60. The zero-order valence-corrected chi connectivity index (χ0v) is 13.3. The van der Waals surface area contributed by atoms with Gasteiger partial charge in [-0.1, -0.05) is 18.2 Å². The van der Waals surface area contributed by atoms with Gasteiger partial charge in [0.15, 0.2) is 0 Å². The number of H-pyrrole nitrogens is 1. The maximum Gasteiger partial charge on any atom is 0.337 e. The molecule has 0 spiro atoms. The van der Waals surface area contributed by atoms with E-state index >= 15 is 0 Å². The van der Waals surface area contributed by atoms with Gasteiger partial charge in [0.25, 0.3) is 5.56 Å². The highest BCUT2D eigenvalue weighted by Gasteiger charge is 2.09. The summed E-state index contributed by atoms with van der Waals surface area (Å²) in [5.41, 5.74) is 1.78. The monoisotopic (exact) mass is 331 g/mol. The molecule has 2 aromatic carbocycles. The van der Waals surface area contributed by atoms with Crippen molar-refractivity contribution < 1.29 is 9.53 Å². The molecule has 1 N–H and O–H groups in total. The molecule has 0 aliphatic heterocycles. The normalized spacial score (nSPS) is 10.7. The molecule has 1 heterocycles. The fourth-order valence-corrected chi connectivity index (χ4v) is 2.37. The summed E-state index contributed by atoms with van der Waals surface area (Å²) in [6.45, 7) is 0. The van der Waals surface area contributed by atoms with Crippen molar-refractivity contribution >= 4 is 29.0 Å². The van der Waals surface area contributed by atoms with Crippen LogP contribution in [-0.2, 0) is 4.74 Å². The Morgan fingerprint density at radius 2 is 2.08 bits per heavy atom. The molecule has 3 rings (SSSR count). The number of carbonyl (C=O) groups is 1. The van der Waals surface area contributed by atoms with E-state index in [4.69, 9.17) is 5.26 Å². The van der Waals surface area contributed by atoms with E-state index in [2.05, 4.69) is 20.8 Å². The van der Waals surface area contributed by atoms with Crippen LogP contribution in [0.15, 0.2) is 47.3 Å². The first kappa shape index (κ1) is 16.1. The van der Waals surface area contributed by atoms with Gasteiger partial charge >= 0.3 is 5.97 Å². The predicted molar refractivity (Wildman–Crippen MR) is 93.8 cm³/mol. The molecule has 0 atom stereocenters. The largest absolute Gasteiger partial charge is 0.465 e. The number of methoxy groups -OCH3 is 1. The Bertz CT molecular complexity index is 1090. The van der Waals surface area contributed by atoms with Gasteiger partial charge in [0.1, 0.15) is 5.82 Å². The number of nitrogens with zero attached hydrogens (tertiary/aromatic N) is 2. The molecule has 0 amide bonds. The Kier molecular flexibility index (Phi) is 4.40. The number of benzene rings is 2. The second-order valence-electron chi connectivity index (χ2n) is 5.25. The molecule has 0 bridgehead atoms. The maximum atomic E-state index is 12.2. The van der Waals surface area contributed by atoms with Crippen molar-refractivity contribution in [3.05, 3.63) is 75.3 Å². The standard InChI is InChI=1S/C19H13N3O3/c1-25-19(24)14-6-7-15-16(10-14)21-17(22-18(15)23)8-5-12-3-2-4-13(9-12)11-20/h2-10H,1H3,(H,21,22,23)/b8-5+. The lowest BCUT2D eigenvalue weighted by Crippen LogP contribution is -2.11. The van der Waals surface area contributed by atoms with Crippen molar-refractivity contribution in [3.63, 3.8) is 0 Å². The smallest absolute Gasteiger partial charge is 0.337 e.